The highest BCUT2D eigenvalue weighted by Gasteiger charge is 2.23. The van der Waals surface area contributed by atoms with Gasteiger partial charge in [-0.1, -0.05) is 36.9 Å². The largest absolute Gasteiger partial charge is 0.336 e. The van der Waals surface area contributed by atoms with E-state index in [4.69, 9.17) is 0 Å². The molecule has 0 spiro atoms. The van der Waals surface area contributed by atoms with Gasteiger partial charge < -0.3 is 9.80 Å². The number of nitro benzene ring substituents is 1. The van der Waals surface area contributed by atoms with Crippen molar-refractivity contribution in [2.24, 2.45) is 0 Å². The van der Waals surface area contributed by atoms with Crippen molar-refractivity contribution in [3.63, 3.8) is 0 Å². The van der Waals surface area contributed by atoms with Gasteiger partial charge in [0, 0.05) is 55.3 Å². The fraction of sp³-hybridized carbons (Fsp3) is 0.348. The minimum absolute atomic E-state index is 0.0332. The van der Waals surface area contributed by atoms with E-state index in [-0.39, 0.29) is 11.6 Å². The predicted octanol–water partition coefficient (Wildman–Crippen LogP) is 3.55. The van der Waals surface area contributed by atoms with Crippen LogP contribution < -0.4 is 0 Å². The van der Waals surface area contributed by atoms with Crippen LogP contribution in [0.3, 0.4) is 0 Å². The summed E-state index contributed by atoms with van der Waals surface area (Å²) in [5.74, 6) is 1.31. The highest BCUT2D eigenvalue weighted by molar-refractivity contribution is 7.98. The number of amides is 1. The normalized spacial score (nSPS) is 14.4. The van der Waals surface area contributed by atoms with Crippen molar-refractivity contribution in [1.29, 1.82) is 0 Å². The van der Waals surface area contributed by atoms with Crippen molar-refractivity contribution in [3.05, 3.63) is 75.6 Å². The molecule has 2 heterocycles. The first-order valence-corrected chi connectivity index (χ1v) is 11.9. The number of piperazine rings is 1. The summed E-state index contributed by atoms with van der Waals surface area (Å²) >= 11 is 1.49. The van der Waals surface area contributed by atoms with E-state index in [1.165, 1.54) is 23.9 Å². The number of aryl methyl sites for hydroxylation is 1. The van der Waals surface area contributed by atoms with E-state index in [0.29, 0.717) is 22.3 Å². The third-order valence-electron chi connectivity index (χ3n) is 5.83. The minimum Gasteiger partial charge on any atom is -0.336 e. The summed E-state index contributed by atoms with van der Waals surface area (Å²) < 4.78 is 1.86. The second-order valence-corrected chi connectivity index (χ2v) is 8.75. The van der Waals surface area contributed by atoms with E-state index in [1.807, 2.05) is 40.7 Å². The number of hydrogen-bond acceptors (Lipinski definition) is 7. The van der Waals surface area contributed by atoms with Crippen molar-refractivity contribution in [2.45, 2.75) is 24.8 Å². The molecular weight excluding hydrogens is 440 g/mol. The van der Waals surface area contributed by atoms with Gasteiger partial charge in [0.2, 0.25) is 0 Å². The van der Waals surface area contributed by atoms with Crippen LogP contribution in [0.4, 0.5) is 5.69 Å². The lowest BCUT2D eigenvalue weighted by atomic mass is 10.1. The number of likely N-dealkylation sites (N-methyl/N-ethyl adjacent to an activating group) is 1. The van der Waals surface area contributed by atoms with Gasteiger partial charge in [-0.3, -0.25) is 19.5 Å². The van der Waals surface area contributed by atoms with E-state index in [9.17, 15) is 14.9 Å². The molecule has 10 heteroatoms. The fourth-order valence-electron chi connectivity index (χ4n) is 3.89. The molecule has 1 aromatic heterocycles. The van der Waals surface area contributed by atoms with E-state index in [1.54, 1.807) is 12.1 Å². The number of carbonyl (C=O) groups is 1. The van der Waals surface area contributed by atoms with Gasteiger partial charge in [-0.05, 0) is 37.2 Å². The van der Waals surface area contributed by atoms with Crippen LogP contribution in [0.2, 0.25) is 0 Å². The van der Waals surface area contributed by atoms with Crippen LogP contribution in [0.25, 0.3) is 5.69 Å². The number of non-ortho nitro benzene ring substituents is 1. The number of thioether (sulfide) groups is 1. The van der Waals surface area contributed by atoms with Crippen LogP contribution in [0.1, 0.15) is 28.7 Å². The predicted molar refractivity (Wildman–Crippen MR) is 127 cm³/mol. The van der Waals surface area contributed by atoms with Crippen molar-refractivity contribution in [3.8, 4) is 5.69 Å². The molecule has 0 saturated carbocycles. The summed E-state index contributed by atoms with van der Waals surface area (Å²) in [6.07, 6.45) is 0. The molecule has 1 saturated heterocycles. The molecule has 1 aliphatic rings. The van der Waals surface area contributed by atoms with Crippen LogP contribution in [-0.2, 0) is 5.75 Å². The van der Waals surface area contributed by atoms with Gasteiger partial charge in [-0.25, -0.2) is 0 Å². The number of benzene rings is 2. The number of aromatic nitrogens is 3. The topological polar surface area (TPSA) is 97.4 Å². The molecule has 0 radical (unpaired) electrons. The van der Waals surface area contributed by atoms with Gasteiger partial charge >= 0.3 is 0 Å². The maximum absolute atomic E-state index is 13.2. The highest BCUT2D eigenvalue weighted by Crippen LogP contribution is 2.28. The summed E-state index contributed by atoms with van der Waals surface area (Å²) in [5.41, 5.74) is 2.45. The monoisotopic (exact) mass is 466 g/mol. The van der Waals surface area contributed by atoms with Crippen LogP contribution >= 0.6 is 11.8 Å². The summed E-state index contributed by atoms with van der Waals surface area (Å²) in [6, 6.07) is 14.0. The Kier molecular flexibility index (Phi) is 7.05. The zero-order valence-corrected chi connectivity index (χ0v) is 19.5. The molecule has 4 rings (SSSR count). The molecule has 2 aromatic carbocycles. The first-order chi connectivity index (χ1) is 16.0. The van der Waals surface area contributed by atoms with Gasteiger partial charge in [0.25, 0.3) is 11.6 Å². The molecule has 0 atom stereocenters. The Labute approximate surface area is 196 Å². The molecule has 1 amide bonds. The second-order valence-electron chi connectivity index (χ2n) is 7.81. The first kappa shape index (κ1) is 22.9. The quantitative estimate of drug-likeness (QED) is 0.298. The summed E-state index contributed by atoms with van der Waals surface area (Å²) in [7, 11) is 0. The molecular formula is C23H26N6O3S. The Hall–Kier alpha value is -3.24. The molecule has 9 nitrogen and oxygen atoms in total. The molecule has 1 fully saturated rings. The lowest BCUT2D eigenvalue weighted by Crippen LogP contribution is -2.48. The third-order valence-corrected chi connectivity index (χ3v) is 6.80. The zero-order valence-electron chi connectivity index (χ0n) is 18.7. The van der Waals surface area contributed by atoms with Crippen molar-refractivity contribution in [2.75, 3.05) is 32.7 Å². The average molecular weight is 467 g/mol. The Morgan fingerprint density at radius 2 is 1.76 bits per heavy atom. The molecule has 0 unspecified atom stereocenters. The van der Waals surface area contributed by atoms with Gasteiger partial charge in [-0.2, -0.15) is 0 Å². The highest BCUT2D eigenvalue weighted by atomic mass is 32.2. The number of nitrogens with zero attached hydrogens (tertiary/aromatic N) is 6. The van der Waals surface area contributed by atoms with Crippen LogP contribution in [-0.4, -0.2) is 68.1 Å². The van der Waals surface area contributed by atoms with Gasteiger partial charge in [0.1, 0.15) is 5.82 Å². The van der Waals surface area contributed by atoms with E-state index in [0.717, 1.165) is 44.0 Å². The van der Waals surface area contributed by atoms with E-state index >= 15 is 0 Å². The standard InChI is InChI=1S/C23H26N6O3S/c1-3-26-12-14-27(15-13-26)22(30)21-7-5-4-6-18(21)16-33-23-25-24-17(2)28(23)19-8-10-20(11-9-19)29(31)32/h4-11H,3,12-16H2,1-2H3. The van der Waals surface area contributed by atoms with Gasteiger partial charge in [-0.15, -0.1) is 10.2 Å². The minimum atomic E-state index is -0.422. The molecule has 1 aliphatic heterocycles. The Balaban J connectivity index is 1.51. The van der Waals surface area contributed by atoms with E-state index < -0.39 is 4.92 Å². The fourth-order valence-corrected chi connectivity index (χ4v) is 4.89. The summed E-state index contributed by atoms with van der Waals surface area (Å²) in [6.45, 7) is 8.26. The average Bonchev–Trinajstić information content (AvgIpc) is 3.22. The molecule has 172 valence electrons. The van der Waals surface area contributed by atoms with E-state index in [2.05, 4.69) is 22.0 Å². The van der Waals surface area contributed by atoms with Crippen molar-refractivity contribution >= 4 is 23.4 Å². The Morgan fingerprint density at radius 3 is 2.42 bits per heavy atom. The maximum atomic E-state index is 13.2. The SMILES string of the molecule is CCN1CCN(C(=O)c2ccccc2CSc2nnc(C)n2-c2ccc([N+](=O)[O-])cc2)CC1. The van der Waals surface area contributed by atoms with Crippen LogP contribution in [0.15, 0.2) is 53.7 Å². The number of nitro groups is 1. The maximum Gasteiger partial charge on any atom is 0.269 e. The molecule has 33 heavy (non-hydrogen) atoms. The number of hydrogen-bond donors (Lipinski definition) is 0. The first-order valence-electron chi connectivity index (χ1n) is 10.9. The smallest absolute Gasteiger partial charge is 0.269 e. The lowest BCUT2D eigenvalue weighted by molar-refractivity contribution is -0.384. The lowest BCUT2D eigenvalue weighted by Gasteiger charge is -2.34. The number of carbonyl (C=O) groups excluding carboxylic acids is 1. The van der Waals surface area contributed by atoms with Crippen molar-refractivity contribution < 1.29 is 9.72 Å². The van der Waals surface area contributed by atoms with Crippen LogP contribution in [0, 0.1) is 17.0 Å². The Bertz CT molecular complexity index is 1140. The third kappa shape index (κ3) is 5.07. The summed E-state index contributed by atoms with van der Waals surface area (Å²) in [5, 5.41) is 20.1. The van der Waals surface area contributed by atoms with Crippen LogP contribution in [0.5, 0.6) is 0 Å². The molecule has 3 aromatic rings. The molecule has 0 bridgehead atoms. The van der Waals surface area contributed by atoms with Crippen molar-refractivity contribution in [1.82, 2.24) is 24.6 Å². The number of rotatable bonds is 7. The van der Waals surface area contributed by atoms with Gasteiger partial charge in [0.05, 0.1) is 4.92 Å². The molecule has 0 aliphatic carbocycles. The molecule has 0 N–H and O–H groups in total. The second kappa shape index (κ2) is 10.1. The summed E-state index contributed by atoms with van der Waals surface area (Å²) in [4.78, 5) is 28.0. The Morgan fingerprint density at radius 1 is 1.06 bits per heavy atom. The zero-order chi connectivity index (χ0) is 23.4. The van der Waals surface area contributed by atoms with Gasteiger partial charge in [0.15, 0.2) is 5.16 Å².